The van der Waals surface area contributed by atoms with Crippen LogP contribution in [0.1, 0.15) is 26.2 Å². The molecule has 1 amide bonds. The summed E-state index contributed by atoms with van der Waals surface area (Å²) in [5.41, 5.74) is 0. The molecule has 0 spiro atoms. The van der Waals surface area contributed by atoms with Crippen LogP contribution in [0.4, 0.5) is 0 Å². The number of hydrogen-bond donors (Lipinski definition) is 1. The van der Waals surface area contributed by atoms with E-state index in [1.807, 2.05) is 4.90 Å². The average Bonchev–Trinajstić information content (AvgIpc) is 3.13. The molecule has 1 heterocycles. The van der Waals surface area contributed by atoms with E-state index in [2.05, 4.69) is 24.2 Å². The van der Waals surface area contributed by atoms with Gasteiger partial charge in [-0.3, -0.25) is 9.69 Å². The Hall–Kier alpha value is -0.610. The van der Waals surface area contributed by atoms with Gasteiger partial charge in [-0.1, -0.05) is 6.92 Å². The summed E-state index contributed by atoms with van der Waals surface area (Å²) in [6.45, 7) is 6.54. The van der Waals surface area contributed by atoms with Gasteiger partial charge in [0.25, 0.3) is 0 Å². The van der Waals surface area contributed by atoms with Crippen LogP contribution in [0.3, 0.4) is 0 Å². The van der Waals surface area contributed by atoms with Gasteiger partial charge in [0, 0.05) is 25.7 Å². The monoisotopic (exact) mass is 239 g/mol. The van der Waals surface area contributed by atoms with E-state index in [4.69, 9.17) is 0 Å². The van der Waals surface area contributed by atoms with E-state index in [0.717, 1.165) is 38.5 Å². The van der Waals surface area contributed by atoms with Gasteiger partial charge in [0.2, 0.25) is 5.91 Å². The predicted molar refractivity (Wildman–Crippen MR) is 68.9 cm³/mol. The van der Waals surface area contributed by atoms with Crippen molar-refractivity contribution in [2.75, 3.05) is 39.8 Å². The molecule has 4 nitrogen and oxygen atoms in total. The number of likely N-dealkylation sites (N-methyl/N-ethyl adjacent to an activating group) is 1. The summed E-state index contributed by atoms with van der Waals surface area (Å²) in [6.07, 6.45) is 3.80. The van der Waals surface area contributed by atoms with Crippen molar-refractivity contribution in [1.29, 1.82) is 0 Å². The highest BCUT2D eigenvalue weighted by Gasteiger charge is 2.26. The first-order valence-corrected chi connectivity index (χ1v) is 6.89. The van der Waals surface area contributed by atoms with Crippen LogP contribution >= 0.6 is 0 Å². The van der Waals surface area contributed by atoms with Crippen molar-refractivity contribution in [2.24, 2.45) is 5.92 Å². The number of hydrogen-bond acceptors (Lipinski definition) is 3. The second-order valence-corrected chi connectivity index (χ2v) is 5.46. The molecule has 0 aromatic rings. The van der Waals surface area contributed by atoms with Gasteiger partial charge >= 0.3 is 0 Å². The molecule has 4 heteroatoms. The molecular formula is C13H25N3O. The molecule has 1 saturated heterocycles. The molecule has 1 atom stereocenters. The Bertz CT molecular complexity index is 265. The first-order chi connectivity index (χ1) is 8.20. The molecule has 1 aliphatic heterocycles. The lowest BCUT2D eigenvalue weighted by molar-refractivity contribution is -0.133. The fraction of sp³-hybridized carbons (Fsp3) is 0.923. The Balaban J connectivity index is 1.70. The van der Waals surface area contributed by atoms with Gasteiger partial charge < -0.3 is 10.2 Å². The number of carbonyl (C=O) groups is 1. The molecule has 1 unspecified atom stereocenters. The highest BCUT2D eigenvalue weighted by Crippen LogP contribution is 2.27. The van der Waals surface area contributed by atoms with Crippen LogP contribution in [0.5, 0.6) is 0 Å². The Morgan fingerprint density at radius 2 is 2.12 bits per heavy atom. The standard InChI is InChI=1S/C13H25N3O/c1-3-12-10-16(7-6-15(12)2)13(17)9-14-8-11-4-5-11/h11-12,14H,3-10H2,1-2H3. The first-order valence-electron chi connectivity index (χ1n) is 6.89. The molecule has 1 aliphatic carbocycles. The number of piperazine rings is 1. The van der Waals surface area contributed by atoms with E-state index >= 15 is 0 Å². The highest BCUT2D eigenvalue weighted by molar-refractivity contribution is 5.78. The van der Waals surface area contributed by atoms with Crippen molar-refractivity contribution >= 4 is 5.91 Å². The zero-order valence-corrected chi connectivity index (χ0v) is 11.1. The summed E-state index contributed by atoms with van der Waals surface area (Å²) in [5.74, 6) is 1.12. The van der Waals surface area contributed by atoms with Crippen molar-refractivity contribution in [3.63, 3.8) is 0 Å². The molecule has 98 valence electrons. The van der Waals surface area contributed by atoms with Gasteiger partial charge in [0.1, 0.15) is 0 Å². The van der Waals surface area contributed by atoms with Gasteiger partial charge in [0.05, 0.1) is 6.54 Å². The molecule has 1 N–H and O–H groups in total. The SMILES string of the molecule is CCC1CN(C(=O)CNCC2CC2)CCN1C. The highest BCUT2D eigenvalue weighted by atomic mass is 16.2. The number of nitrogens with zero attached hydrogens (tertiary/aromatic N) is 2. The molecule has 1 saturated carbocycles. The van der Waals surface area contributed by atoms with E-state index in [9.17, 15) is 4.79 Å². The van der Waals surface area contributed by atoms with Crippen LogP contribution in [0, 0.1) is 5.92 Å². The van der Waals surface area contributed by atoms with E-state index in [1.54, 1.807) is 0 Å². The maximum atomic E-state index is 12.0. The van der Waals surface area contributed by atoms with Crippen LogP contribution in [0.25, 0.3) is 0 Å². The summed E-state index contributed by atoms with van der Waals surface area (Å²) >= 11 is 0. The lowest BCUT2D eigenvalue weighted by Crippen LogP contribution is -2.54. The van der Waals surface area contributed by atoms with Gasteiger partial charge in [-0.15, -0.1) is 0 Å². The smallest absolute Gasteiger partial charge is 0.236 e. The van der Waals surface area contributed by atoms with Crippen molar-refractivity contribution in [1.82, 2.24) is 15.1 Å². The minimum absolute atomic E-state index is 0.275. The molecule has 2 fully saturated rings. The largest absolute Gasteiger partial charge is 0.339 e. The van der Waals surface area contributed by atoms with Gasteiger partial charge in [-0.05, 0) is 38.8 Å². The van der Waals surface area contributed by atoms with E-state index in [1.165, 1.54) is 12.8 Å². The number of rotatable bonds is 5. The minimum Gasteiger partial charge on any atom is -0.339 e. The van der Waals surface area contributed by atoms with Gasteiger partial charge in [-0.25, -0.2) is 0 Å². The number of amides is 1. The first kappa shape index (κ1) is 12.8. The van der Waals surface area contributed by atoms with Crippen LogP contribution in [0.2, 0.25) is 0 Å². The third kappa shape index (κ3) is 3.68. The lowest BCUT2D eigenvalue weighted by Gasteiger charge is -2.39. The van der Waals surface area contributed by atoms with Crippen LogP contribution in [0.15, 0.2) is 0 Å². The van der Waals surface area contributed by atoms with Crippen LogP contribution in [-0.2, 0) is 4.79 Å². The summed E-state index contributed by atoms with van der Waals surface area (Å²) < 4.78 is 0. The molecule has 0 bridgehead atoms. The Kier molecular flexibility index (Phi) is 4.40. The average molecular weight is 239 g/mol. The Morgan fingerprint density at radius 1 is 1.35 bits per heavy atom. The molecule has 2 rings (SSSR count). The van der Waals surface area contributed by atoms with Gasteiger partial charge in [-0.2, -0.15) is 0 Å². The summed E-state index contributed by atoms with van der Waals surface area (Å²) in [4.78, 5) is 16.4. The molecule has 2 aliphatic rings. The zero-order chi connectivity index (χ0) is 12.3. The van der Waals surface area contributed by atoms with Crippen molar-refractivity contribution in [3.8, 4) is 0 Å². The van der Waals surface area contributed by atoms with Crippen LogP contribution in [-0.4, -0.2) is 61.5 Å². The molecule has 17 heavy (non-hydrogen) atoms. The quantitative estimate of drug-likeness (QED) is 0.760. The van der Waals surface area contributed by atoms with Crippen molar-refractivity contribution < 1.29 is 4.79 Å². The van der Waals surface area contributed by atoms with Crippen LogP contribution < -0.4 is 5.32 Å². The number of carbonyl (C=O) groups excluding carboxylic acids is 1. The predicted octanol–water partition coefficient (Wildman–Crippen LogP) is 0.539. The minimum atomic E-state index is 0.275. The normalized spacial score (nSPS) is 26.2. The maximum absolute atomic E-state index is 12.0. The Labute approximate surface area is 104 Å². The third-order valence-corrected chi connectivity index (χ3v) is 4.01. The third-order valence-electron chi connectivity index (χ3n) is 4.01. The fourth-order valence-corrected chi connectivity index (χ4v) is 2.43. The van der Waals surface area contributed by atoms with E-state index in [-0.39, 0.29) is 5.91 Å². The molecule has 0 aromatic heterocycles. The van der Waals surface area contributed by atoms with Gasteiger partial charge in [0.15, 0.2) is 0 Å². The Morgan fingerprint density at radius 3 is 2.76 bits per heavy atom. The molecule has 0 aromatic carbocycles. The summed E-state index contributed by atoms with van der Waals surface area (Å²) in [7, 11) is 2.15. The second kappa shape index (κ2) is 5.83. The summed E-state index contributed by atoms with van der Waals surface area (Å²) in [6, 6.07) is 0.538. The molecule has 0 radical (unpaired) electrons. The maximum Gasteiger partial charge on any atom is 0.236 e. The fourth-order valence-electron chi connectivity index (χ4n) is 2.43. The molecular weight excluding hydrogens is 214 g/mol. The van der Waals surface area contributed by atoms with E-state index in [0.29, 0.717) is 12.6 Å². The lowest BCUT2D eigenvalue weighted by atomic mass is 10.1. The summed E-state index contributed by atoms with van der Waals surface area (Å²) in [5, 5.41) is 3.28. The van der Waals surface area contributed by atoms with E-state index < -0.39 is 0 Å². The van der Waals surface area contributed by atoms with Crippen molar-refractivity contribution in [3.05, 3.63) is 0 Å². The van der Waals surface area contributed by atoms with Crippen molar-refractivity contribution in [2.45, 2.75) is 32.2 Å². The second-order valence-electron chi connectivity index (χ2n) is 5.46. The number of nitrogens with one attached hydrogen (secondary N) is 1. The topological polar surface area (TPSA) is 35.6 Å². The zero-order valence-electron chi connectivity index (χ0n) is 11.1.